The van der Waals surface area contributed by atoms with E-state index in [9.17, 15) is 4.79 Å². The average Bonchev–Trinajstić information content (AvgIpc) is 2.47. The van der Waals surface area contributed by atoms with Crippen LogP contribution in [0.5, 0.6) is 0 Å². The molecule has 2 aromatic rings. The van der Waals surface area contributed by atoms with Gasteiger partial charge in [0.2, 0.25) is 0 Å². The van der Waals surface area contributed by atoms with Crippen molar-refractivity contribution in [2.75, 3.05) is 12.4 Å². The number of nitrogens with zero attached hydrogens (tertiary/aromatic N) is 3. The molecule has 2 heterocycles. The number of aromatic nitrogens is 3. The summed E-state index contributed by atoms with van der Waals surface area (Å²) in [7, 11) is 1.72. The fraction of sp³-hybridized carbons (Fsp3) is 0.231. The fourth-order valence-corrected chi connectivity index (χ4v) is 1.70. The maximum absolute atomic E-state index is 12.0. The zero-order chi connectivity index (χ0) is 14.5. The van der Waals surface area contributed by atoms with Gasteiger partial charge in [0.05, 0.1) is 29.2 Å². The molecule has 2 N–H and O–H groups in total. The summed E-state index contributed by atoms with van der Waals surface area (Å²) in [6, 6.07) is 3.32. The highest BCUT2D eigenvalue weighted by atomic mass is 35.5. The maximum Gasteiger partial charge on any atom is 0.271 e. The molecule has 0 saturated carbocycles. The highest BCUT2D eigenvalue weighted by Gasteiger charge is 2.13. The summed E-state index contributed by atoms with van der Waals surface area (Å²) >= 11 is 5.97. The van der Waals surface area contributed by atoms with Gasteiger partial charge < -0.3 is 10.6 Å². The van der Waals surface area contributed by atoms with E-state index < -0.39 is 0 Å². The van der Waals surface area contributed by atoms with E-state index in [4.69, 9.17) is 11.6 Å². The predicted molar refractivity (Wildman–Crippen MR) is 76.7 cm³/mol. The summed E-state index contributed by atoms with van der Waals surface area (Å²) in [6.45, 7) is 2.12. The number of hydrogen-bond donors (Lipinski definition) is 2. The topological polar surface area (TPSA) is 79.8 Å². The first-order chi connectivity index (χ1) is 9.60. The normalized spacial score (nSPS) is 10.2. The van der Waals surface area contributed by atoms with Crippen LogP contribution >= 0.6 is 11.6 Å². The smallest absolute Gasteiger partial charge is 0.271 e. The van der Waals surface area contributed by atoms with Crippen molar-refractivity contribution in [2.45, 2.75) is 13.5 Å². The number of amides is 1. The molecule has 2 aromatic heterocycles. The Morgan fingerprint density at radius 2 is 2.10 bits per heavy atom. The monoisotopic (exact) mass is 291 g/mol. The highest BCUT2D eigenvalue weighted by Crippen LogP contribution is 2.16. The van der Waals surface area contributed by atoms with Crippen LogP contribution < -0.4 is 10.6 Å². The molecular formula is C13H14ClN5O. The number of rotatable bonds is 4. The van der Waals surface area contributed by atoms with Crippen molar-refractivity contribution in [3.05, 3.63) is 46.6 Å². The highest BCUT2D eigenvalue weighted by molar-refractivity contribution is 6.33. The van der Waals surface area contributed by atoms with E-state index in [0.29, 0.717) is 16.5 Å². The van der Waals surface area contributed by atoms with E-state index in [2.05, 4.69) is 25.6 Å². The SMILES string of the molecule is CNc1ccc(Cl)c(C(=O)NCc2cnc(C)cn2)n1. The lowest BCUT2D eigenvalue weighted by Crippen LogP contribution is -2.25. The van der Waals surface area contributed by atoms with Crippen molar-refractivity contribution < 1.29 is 4.79 Å². The van der Waals surface area contributed by atoms with E-state index in [1.165, 1.54) is 0 Å². The van der Waals surface area contributed by atoms with Gasteiger partial charge in [0.25, 0.3) is 5.91 Å². The molecule has 6 nitrogen and oxygen atoms in total. The maximum atomic E-state index is 12.0. The Morgan fingerprint density at radius 3 is 2.75 bits per heavy atom. The molecule has 1 amide bonds. The first kappa shape index (κ1) is 14.2. The second-order valence-corrected chi connectivity index (χ2v) is 4.52. The minimum Gasteiger partial charge on any atom is -0.373 e. The zero-order valence-corrected chi connectivity index (χ0v) is 11.9. The van der Waals surface area contributed by atoms with E-state index in [-0.39, 0.29) is 18.1 Å². The lowest BCUT2D eigenvalue weighted by molar-refractivity contribution is 0.0945. The Labute approximate surface area is 121 Å². The van der Waals surface area contributed by atoms with Crippen molar-refractivity contribution in [1.29, 1.82) is 0 Å². The molecule has 20 heavy (non-hydrogen) atoms. The number of nitrogens with one attached hydrogen (secondary N) is 2. The molecule has 0 bridgehead atoms. The summed E-state index contributed by atoms with van der Waals surface area (Å²) in [6.07, 6.45) is 3.27. The van der Waals surface area contributed by atoms with E-state index in [1.54, 1.807) is 31.6 Å². The number of pyridine rings is 1. The van der Waals surface area contributed by atoms with Gasteiger partial charge in [0.1, 0.15) is 11.5 Å². The molecule has 0 aliphatic rings. The molecule has 0 fully saturated rings. The van der Waals surface area contributed by atoms with Gasteiger partial charge in [-0.1, -0.05) is 11.6 Å². The molecule has 2 rings (SSSR count). The summed E-state index contributed by atoms with van der Waals surface area (Å²) in [5, 5.41) is 5.87. The van der Waals surface area contributed by atoms with Crippen molar-refractivity contribution in [3.8, 4) is 0 Å². The number of halogens is 1. The van der Waals surface area contributed by atoms with Crippen LogP contribution in [-0.4, -0.2) is 27.9 Å². The van der Waals surface area contributed by atoms with Gasteiger partial charge in [-0.3, -0.25) is 14.8 Å². The molecule has 0 aliphatic carbocycles. The summed E-state index contributed by atoms with van der Waals surface area (Å²) in [5.74, 6) is 0.226. The summed E-state index contributed by atoms with van der Waals surface area (Å²) in [5.41, 5.74) is 1.68. The van der Waals surface area contributed by atoms with Gasteiger partial charge in [-0.2, -0.15) is 0 Å². The van der Waals surface area contributed by atoms with E-state index in [0.717, 1.165) is 5.69 Å². The minimum atomic E-state index is -0.352. The second-order valence-electron chi connectivity index (χ2n) is 4.11. The van der Waals surface area contributed by atoms with Crippen LogP contribution in [0, 0.1) is 6.92 Å². The van der Waals surface area contributed by atoms with Crippen molar-refractivity contribution in [1.82, 2.24) is 20.3 Å². The fourth-order valence-electron chi connectivity index (χ4n) is 1.51. The molecule has 0 atom stereocenters. The quantitative estimate of drug-likeness (QED) is 0.898. The standard InChI is InChI=1S/C13H14ClN5O/c1-8-5-17-9(6-16-8)7-18-13(20)12-10(14)3-4-11(15-2)19-12/h3-6H,7H2,1-2H3,(H,15,19)(H,18,20). The molecule has 0 spiro atoms. The van der Waals surface area contributed by atoms with Crippen molar-refractivity contribution in [2.24, 2.45) is 0 Å². The van der Waals surface area contributed by atoms with Crippen LogP contribution in [0.2, 0.25) is 5.02 Å². The third-order valence-corrected chi connectivity index (χ3v) is 2.89. The van der Waals surface area contributed by atoms with Gasteiger partial charge >= 0.3 is 0 Å². The molecule has 0 radical (unpaired) electrons. The van der Waals surface area contributed by atoms with Crippen molar-refractivity contribution >= 4 is 23.3 Å². The van der Waals surface area contributed by atoms with Crippen LogP contribution in [0.1, 0.15) is 21.9 Å². The molecule has 104 valence electrons. The molecule has 0 saturated heterocycles. The lowest BCUT2D eigenvalue weighted by atomic mass is 10.3. The van der Waals surface area contributed by atoms with Crippen LogP contribution in [0.15, 0.2) is 24.5 Å². The van der Waals surface area contributed by atoms with Gasteiger partial charge in [-0.05, 0) is 19.1 Å². The largest absolute Gasteiger partial charge is 0.373 e. The molecular weight excluding hydrogens is 278 g/mol. The first-order valence-corrected chi connectivity index (χ1v) is 6.38. The van der Waals surface area contributed by atoms with E-state index in [1.807, 2.05) is 6.92 Å². The first-order valence-electron chi connectivity index (χ1n) is 6.00. The lowest BCUT2D eigenvalue weighted by Gasteiger charge is -2.07. The Hall–Kier alpha value is -2.21. The molecule has 0 aliphatic heterocycles. The van der Waals surface area contributed by atoms with Gasteiger partial charge in [0, 0.05) is 13.2 Å². The zero-order valence-electron chi connectivity index (χ0n) is 11.1. The average molecular weight is 292 g/mol. The summed E-state index contributed by atoms with van der Waals surface area (Å²) < 4.78 is 0. The van der Waals surface area contributed by atoms with Gasteiger partial charge in [0.15, 0.2) is 0 Å². The summed E-state index contributed by atoms with van der Waals surface area (Å²) in [4.78, 5) is 24.4. The van der Waals surface area contributed by atoms with Crippen LogP contribution in [0.3, 0.4) is 0 Å². The molecule has 0 unspecified atom stereocenters. The van der Waals surface area contributed by atoms with Crippen LogP contribution in [0.25, 0.3) is 0 Å². The third kappa shape index (κ3) is 3.42. The number of carbonyl (C=O) groups excluding carboxylic acids is 1. The molecule has 0 aromatic carbocycles. The minimum absolute atomic E-state index is 0.179. The van der Waals surface area contributed by atoms with Crippen LogP contribution in [-0.2, 0) is 6.54 Å². The van der Waals surface area contributed by atoms with E-state index >= 15 is 0 Å². The number of hydrogen-bond acceptors (Lipinski definition) is 5. The third-order valence-electron chi connectivity index (χ3n) is 2.58. The Morgan fingerprint density at radius 1 is 1.30 bits per heavy atom. The second kappa shape index (κ2) is 6.29. The number of aryl methyl sites for hydroxylation is 1. The van der Waals surface area contributed by atoms with Crippen molar-refractivity contribution in [3.63, 3.8) is 0 Å². The Balaban J connectivity index is 2.06. The number of carbonyl (C=O) groups is 1. The number of anilines is 1. The van der Waals surface area contributed by atoms with Gasteiger partial charge in [-0.25, -0.2) is 4.98 Å². The predicted octanol–water partition coefficient (Wildman–Crippen LogP) is 1.81. The molecule has 7 heteroatoms. The van der Waals surface area contributed by atoms with Crippen LogP contribution in [0.4, 0.5) is 5.82 Å². The van der Waals surface area contributed by atoms with Gasteiger partial charge in [-0.15, -0.1) is 0 Å². The Kier molecular flexibility index (Phi) is 4.47. The Bertz CT molecular complexity index is 615.